The molecule has 1 heterocycles. The van der Waals surface area contributed by atoms with Crippen molar-refractivity contribution in [3.05, 3.63) is 17.5 Å². The van der Waals surface area contributed by atoms with Gasteiger partial charge < -0.3 is 9.63 Å². The molecule has 1 amide bonds. The zero-order valence-electron chi connectivity index (χ0n) is 9.85. The number of hydrogen-bond acceptors (Lipinski definition) is 6. The lowest BCUT2D eigenvalue weighted by atomic mass is 10.3. The van der Waals surface area contributed by atoms with Gasteiger partial charge in [-0.25, -0.2) is 5.84 Å². The van der Waals surface area contributed by atoms with E-state index in [2.05, 4.69) is 10.1 Å². The van der Waals surface area contributed by atoms with Crippen LogP contribution in [0.3, 0.4) is 0 Å². The zero-order valence-corrected chi connectivity index (χ0v) is 9.85. The molecule has 1 rings (SSSR count). The number of nitrogen functional groups attached to an aromatic ring is 1. The number of aliphatic hydroxyl groups is 1. The molecule has 96 valence electrons. The maximum Gasteiger partial charge on any atom is 0.287 e. The molecular formula is C10H18N4O3. The van der Waals surface area contributed by atoms with E-state index in [9.17, 15) is 4.79 Å². The lowest BCUT2D eigenvalue weighted by Crippen LogP contribution is -2.30. The Balaban J connectivity index is 2.54. The van der Waals surface area contributed by atoms with Crippen LogP contribution in [0.2, 0.25) is 0 Å². The van der Waals surface area contributed by atoms with Crippen LogP contribution in [-0.2, 0) is 6.54 Å². The summed E-state index contributed by atoms with van der Waals surface area (Å²) in [5, 5.41) is 12.4. The van der Waals surface area contributed by atoms with Gasteiger partial charge >= 0.3 is 0 Å². The van der Waals surface area contributed by atoms with Crippen LogP contribution in [0, 0.1) is 0 Å². The van der Waals surface area contributed by atoms with Gasteiger partial charge in [-0.2, -0.15) is 0 Å². The normalized spacial score (nSPS) is 10.8. The number of rotatable bonds is 7. The molecule has 7 heteroatoms. The molecule has 0 bridgehead atoms. The number of nitrogens with one attached hydrogen (secondary N) is 1. The van der Waals surface area contributed by atoms with Crippen LogP contribution in [0.25, 0.3) is 0 Å². The fraction of sp³-hybridized carbons (Fsp3) is 0.600. The van der Waals surface area contributed by atoms with Crippen molar-refractivity contribution in [1.29, 1.82) is 0 Å². The third-order valence-corrected chi connectivity index (χ3v) is 2.38. The van der Waals surface area contributed by atoms with Crippen molar-refractivity contribution in [3.63, 3.8) is 0 Å². The SMILES string of the molecule is CCN(CCCO)Cc1cc(C(=O)NN)no1. The highest BCUT2D eigenvalue weighted by atomic mass is 16.5. The minimum Gasteiger partial charge on any atom is -0.396 e. The van der Waals surface area contributed by atoms with Gasteiger partial charge in [0.05, 0.1) is 6.54 Å². The maximum atomic E-state index is 11.1. The number of hydrazine groups is 1. The molecule has 0 aliphatic heterocycles. The molecule has 0 aliphatic rings. The largest absolute Gasteiger partial charge is 0.396 e. The number of nitrogens with zero attached hydrogens (tertiary/aromatic N) is 2. The van der Waals surface area contributed by atoms with Crippen molar-refractivity contribution in [1.82, 2.24) is 15.5 Å². The Kier molecular flexibility index (Phi) is 5.61. The van der Waals surface area contributed by atoms with Crippen molar-refractivity contribution in [3.8, 4) is 0 Å². The number of hydrogen-bond donors (Lipinski definition) is 3. The number of amides is 1. The number of aliphatic hydroxyl groups excluding tert-OH is 1. The Hall–Kier alpha value is -1.44. The van der Waals surface area contributed by atoms with E-state index in [1.54, 1.807) is 6.07 Å². The van der Waals surface area contributed by atoms with Crippen LogP contribution in [0.15, 0.2) is 10.6 Å². The predicted octanol–water partition coefficient (Wildman–Crippen LogP) is -0.518. The van der Waals surface area contributed by atoms with Crippen LogP contribution in [0.4, 0.5) is 0 Å². The minimum atomic E-state index is -0.474. The van der Waals surface area contributed by atoms with E-state index in [1.807, 2.05) is 12.3 Å². The fourth-order valence-corrected chi connectivity index (χ4v) is 1.43. The third-order valence-electron chi connectivity index (χ3n) is 2.38. The fourth-order valence-electron chi connectivity index (χ4n) is 1.43. The van der Waals surface area contributed by atoms with Crippen molar-refractivity contribution < 1.29 is 14.4 Å². The van der Waals surface area contributed by atoms with Gasteiger partial charge in [0.2, 0.25) is 0 Å². The smallest absolute Gasteiger partial charge is 0.287 e. The Morgan fingerprint density at radius 1 is 1.71 bits per heavy atom. The second-order valence-electron chi connectivity index (χ2n) is 3.60. The summed E-state index contributed by atoms with van der Waals surface area (Å²) in [5.41, 5.74) is 2.16. The monoisotopic (exact) mass is 242 g/mol. The van der Waals surface area contributed by atoms with Gasteiger partial charge in [0.25, 0.3) is 5.91 Å². The average molecular weight is 242 g/mol. The number of carbonyl (C=O) groups is 1. The van der Waals surface area contributed by atoms with Crippen LogP contribution in [0.5, 0.6) is 0 Å². The van der Waals surface area contributed by atoms with E-state index in [0.717, 1.165) is 13.1 Å². The molecule has 0 saturated heterocycles. The number of aromatic nitrogens is 1. The van der Waals surface area contributed by atoms with Crippen LogP contribution in [0.1, 0.15) is 29.6 Å². The van der Waals surface area contributed by atoms with E-state index < -0.39 is 5.91 Å². The van der Waals surface area contributed by atoms with Gasteiger partial charge in [0, 0.05) is 19.2 Å². The molecule has 0 fully saturated rings. The predicted molar refractivity (Wildman–Crippen MR) is 60.8 cm³/mol. The van der Waals surface area contributed by atoms with Crippen molar-refractivity contribution >= 4 is 5.91 Å². The maximum absolute atomic E-state index is 11.1. The van der Waals surface area contributed by atoms with Crippen LogP contribution >= 0.6 is 0 Å². The van der Waals surface area contributed by atoms with E-state index in [1.165, 1.54) is 0 Å². The summed E-state index contributed by atoms with van der Waals surface area (Å²) in [6.07, 6.45) is 0.706. The highest BCUT2D eigenvalue weighted by molar-refractivity contribution is 5.91. The Morgan fingerprint density at radius 2 is 2.47 bits per heavy atom. The first-order valence-electron chi connectivity index (χ1n) is 5.51. The lowest BCUT2D eigenvalue weighted by Gasteiger charge is -2.17. The summed E-state index contributed by atoms with van der Waals surface area (Å²) in [7, 11) is 0. The first-order valence-corrected chi connectivity index (χ1v) is 5.51. The molecule has 0 atom stereocenters. The van der Waals surface area contributed by atoms with Crippen molar-refractivity contribution in [2.45, 2.75) is 19.9 Å². The summed E-state index contributed by atoms with van der Waals surface area (Å²) < 4.78 is 5.03. The zero-order chi connectivity index (χ0) is 12.7. The Labute approximate surface area is 99.5 Å². The van der Waals surface area contributed by atoms with Gasteiger partial charge in [-0.1, -0.05) is 12.1 Å². The Morgan fingerprint density at radius 3 is 3.06 bits per heavy atom. The molecule has 0 spiro atoms. The highest BCUT2D eigenvalue weighted by Gasteiger charge is 2.13. The summed E-state index contributed by atoms with van der Waals surface area (Å²) >= 11 is 0. The molecule has 0 radical (unpaired) electrons. The lowest BCUT2D eigenvalue weighted by molar-refractivity contribution is 0.0944. The van der Waals surface area contributed by atoms with E-state index in [0.29, 0.717) is 18.7 Å². The van der Waals surface area contributed by atoms with E-state index in [-0.39, 0.29) is 12.3 Å². The summed E-state index contributed by atoms with van der Waals surface area (Å²) in [4.78, 5) is 13.2. The molecule has 0 unspecified atom stereocenters. The molecule has 0 aromatic carbocycles. The van der Waals surface area contributed by atoms with E-state index >= 15 is 0 Å². The molecule has 0 saturated carbocycles. The summed E-state index contributed by atoms with van der Waals surface area (Å²) in [6, 6.07) is 1.56. The minimum absolute atomic E-state index is 0.160. The first kappa shape index (κ1) is 13.6. The highest BCUT2D eigenvalue weighted by Crippen LogP contribution is 2.07. The second kappa shape index (κ2) is 7.00. The topological polar surface area (TPSA) is 105 Å². The number of carbonyl (C=O) groups excluding carboxylic acids is 1. The van der Waals surface area contributed by atoms with Crippen molar-refractivity contribution in [2.24, 2.45) is 5.84 Å². The average Bonchev–Trinajstić information content (AvgIpc) is 2.81. The third kappa shape index (κ3) is 4.14. The first-order chi connectivity index (χ1) is 8.21. The van der Waals surface area contributed by atoms with Crippen molar-refractivity contribution in [2.75, 3.05) is 19.7 Å². The van der Waals surface area contributed by atoms with Gasteiger partial charge in [0.15, 0.2) is 11.5 Å². The van der Waals surface area contributed by atoms with Gasteiger partial charge in [-0.05, 0) is 13.0 Å². The van der Waals surface area contributed by atoms with E-state index in [4.69, 9.17) is 15.5 Å². The second-order valence-corrected chi connectivity index (χ2v) is 3.60. The number of nitrogens with two attached hydrogens (primary N) is 1. The standard InChI is InChI=1S/C10H18N4O3/c1-2-14(4-3-5-15)7-8-6-9(13-17-8)10(16)12-11/h6,15H,2-5,7,11H2,1H3,(H,12,16). The molecular weight excluding hydrogens is 224 g/mol. The van der Waals surface area contributed by atoms with Crippen LogP contribution in [-0.4, -0.2) is 40.8 Å². The molecule has 0 aliphatic carbocycles. The summed E-state index contributed by atoms with van der Waals surface area (Å²) in [5.74, 6) is 5.11. The van der Waals surface area contributed by atoms with Crippen LogP contribution < -0.4 is 11.3 Å². The van der Waals surface area contributed by atoms with Gasteiger partial charge in [-0.15, -0.1) is 0 Å². The van der Waals surface area contributed by atoms with Gasteiger partial charge in [-0.3, -0.25) is 15.1 Å². The molecule has 7 nitrogen and oxygen atoms in total. The Bertz CT molecular complexity index is 353. The summed E-state index contributed by atoms with van der Waals surface area (Å²) in [6.45, 7) is 4.33. The molecule has 1 aromatic heterocycles. The molecule has 17 heavy (non-hydrogen) atoms. The molecule has 1 aromatic rings. The van der Waals surface area contributed by atoms with Gasteiger partial charge in [0.1, 0.15) is 0 Å². The molecule has 4 N–H and O–H groups in total. The quantitative estimate of drug-likeness (QED) is 0.338.